The number of aromatic nitrogens is 2. The lowest BCUT2D eigenvalue weighted by atomic mass is 10.1. The molecule has 0 spiro atoms. The highest BCUT2D eigenvalue weighted by molar-refractivity contribution is 7.71. The highest BCUT2D eigenvalue weighted by Gasteiger charge is 2.12. The van der Waals surface area contributed by atoms with Crippen molar-refractivity contribution in [3.8, 4) is 6.07 Å². The van der Waals surface area contributed by atoms with Crippen LogP contribution in [-0.2, 0) is 6.54 Å². The molecule has 0 radical (unpaired) electrons. The number of piperidine rings is 1. The van der Waals surface area contributed by atoms with Crippen LogP contribution in [0.3, 0.4) is 0 Å². The number of fused-ring (bicyclic) bond motifs is 1. The minimum Gasteiger partial charge on any atom is -0.329 e. The van der Waals surface area contributed by atoms with Gasteiger partial charge in [-0.2, -0.15) is 5.26 Å². The molecule has 0 saturated carbocycles. The van der Waals surface area contributed by atoms with Crippen LogP contribution in [0.15, 0.2) is 18.2 Å². The van der Waals surface area contributed by atoms with E-state index in [4.69, 9.17) is 17.5 Å². The number of likely N-dealkylation sites (tertiary alicyclic amines) is 1. The van der Waals surface area contributed by atoms with Crippen LogP contribution < -0.4 is 0 Å². The SMILES string of the molecule is N#Cc1cccc2c1[nH]c(=S)n2CCN1CCCCC1. The van der Waals surface area contributed by atoms with E-state index in [0.717, 1.165) is 24.1 Å². The molecule has 5 heteroatoms. The molecule has 20 heavy (non-hydrogen) atoms. The summed E-state index contributed by atoms with van der Waals surface area (Å²) in [7, 11) is 0. The summed E-state index contributed by atoms with van der Waals surface area (Å²) in [5.41, 5.74) is 2.55. The van der Waals surface area contributed by atoms with Crippen molar-refractivity contribution in [3.63, 3.8) is 0 Å². The van der Waals surface area contributed by atoms with Gasteiger partial charge < -0.3 is 14.5 Å². The van der Waals surface area contributed by atoms with Crippen LogP contribution in [-0.4, -0.2) is 34.1 Å². The average Bonchev–Trinajstić information content (AvgIpc) is 2.81. The molecule has 1 saturated heterocycles. The van der Waals surface area contributed by atoms with Crippen LogP contribution in [0.25, 0.3) is 11.0 Å². The third-order valence-electron chi connectivity index (χ3n) is 4.02. The Hall–Kier alpha value is -1.64. The van der Waals surface area contributed by atoms with Gasteiger partial charge in [-0.05, 0) is 50.3 Å². The average molecular weight is 286 g/mol. The molecule has 2 heterocycles. The fraction of sp³-hybridized carbons (Fsp3) is 0.467. The van der Waals surface area contributed by atoms with Gasteiger partial charge >= 0.3 is 0 Å². The number of hydrogen-bond donors (Lipinski definition) is 1. The van der Waals surface area contributed by atoms with Crippen LogP contribution >= 0.6 is 12.2 Å². The molecule has 4 nitrogen and oxygen atoms in total. The quantitative estimate of drug-likeness (QED) is 0.882. The van der Waals surface area contributed by atoms with Crippen molar-refractivity contribution in [2.75, 3.05) is 19.6 Å². The van der Waals surface area contributed by atoms with E-state index in [-0.39, 0.29) is 0 Å². The molecule has 104 valence electrons. The Kier molecular flexibility index (Phi) is 3.86. The van der Waals surface area contributed by atoms with Gasteiger partial charge in [0, 0.05) is 13.1 Å². The van der Waals surface area contributed by atoms with Gasteiger partial charge in [-0.15, -0.1) is 0 Å². The molecule has 0 aliphatic carbocycles. The third kappa shape index (κ3) is 2.49. The van der Waals surface area contributed by atoms with Gasteiger partial charge in [0.2, 0.25) is 0 Å². The third-order valence-corrected chi connectivity index (χ3v) is 4.34. The van der Waals surface area contributed by atoms with Gasteiger partial charge in [-0.3, -0.25) is 0 Å². The summed E-state index contributed by atoms with van der Waals surface area (Å²) in [5.74, 6) is 0. The Morgan fingerprint density at radius 2 is 2.00 bits per heavy atom. The number of para-hydroxylation sites is 1. The van der Waals surface area contributed by atoms with Crippen molar-refractivity contribution in [3.05, 3.63) is 28.5 Å². The molecule has 3 rings (SSSR count). The second-order valence-electron chi connectivity index (χ2n) is 5.30. The van der Waals surface area contributed by atoms with Gasteiger partial charge in [0.15, 0.2) is 4.77 Å². The predicted molar refractivity (Wildman–Crippen MR) is 82.1 cm³/mol. The van der Waals surface area contributed by atoms with Crippen molar-refractivity contribution in [1.82, 2.24) is 14.5 Å². The number of H-pyrrole nitrogens is 1. The van der Waals surface area contributed by atoms with Gasteiger partial charge in [-0.25, -0.2) is 0 Å². The summed E-state index contributed by atoms with van der Waals surface area (Å²) in [6, 6.07) is 7.98. The van der Waals surface area contributed by atoms with Crippen molar-refractivity contribution < 1.29 is 0 Å². The number of nitrogens with one attached hydrogen (secondary N) is 1. The Morgan fingerprint density at radius 1 is 1.20 bits per heavy atom. The number of imidazole rings is 1. The molecule has 0 bridgehead atoms. The lowest BCUT2D eigenvalue weighted by Crippen LogP contribution is -2.32. The lowest BCUT2D eigenvalue weighted by Gasteiger charge is -2.26. The first kappa shape index (κ1) is 13.3. The molecule has 2 aromatic rings. The zero-order valence-corrected chi connectivity index (χ0v) is 12.2. The zero-order chi connectivity index (χ0) is 13.9. The first-order valence-corrected chi connectivity index (χ1v) is 7.54. The first-order valence-electron chi connectivity index (χ1n) is 7.13. The highest BCUT2D eigenvalue weighted by Crippen LogP contribution is 2.18. The summed E-state index contributed by atoms with van der Waals surface area (Å²) in [5, 5.41) is 9.15. The molecule has 1 aromatic heterocycles. The molecule has 0 unspecified atom stereocenters. The molecule has 0 atom stereocenters. The second-order valence-corrected chi connectivity index (χ2v) is 5.68. The number of aromatic amines is 1. The number of benzene rings is 1. The fourth-order valence-electron chi connectivity index (χ4n) is 2.92. The minimum absolute atomic E-state index is 0.658. The summed E-state index contributed by atoms with van der Waals surface area (Å²) in [6.45, 7) is 4.30. The van der Waals surface area contributed by atoms with Crippen LogP contribution in [0.4, 0.5) is 0 Å². The number of nitriles is 1. The van der Waals surface area contributed by atoms with Gasteiger partial charge in [-0.1, -0.05) is 12.5 Å². The Bertz CT molecular complexity index is 701. The Labute approximate surface area is 123 Å². The number of nitrogens with zero attached hydrogens (tertiary/aromatic N) is 3. The summed E-state index contributed by atoms with van der Waals surface area (Å²) >= 11 is 5.41. The van der Waals surface area contributed by atoms with Crippen molar-refractivity contribution >= 4 is 23.3 Å². The van der Waals surface area contributed by atoms with E-state index < -0.39 is 0 Å². The Morgan fingerprint density at radius 3 is 2.75 bits per heavy atom. The molecule has 1 fully saturated rings. The maximum absolute atomic E-state index is 9.15. The van der Waals surface area contributed by atoms with Crippen LogP contribution in [0.1, 0.15) is 24.8 Å². The van der Waals surface area contributed by atoms with E-state index in [9.17, 15) is 0 Å². The van der Waals surface area contributed by atoms with E-state index in [1.54, 1.807) is 0 Å². The maximum Gasteiger partial charge on any atom is 0.178 e. The van der Waals surface area contributed by atoms with Gasteiger partial charge in [0.05, 0.1) is 16.6 Å². The second kappa shape index (κ2) is 5.78. The molecule has 0 amide bonds. The van der Waals surface area contributed by atoms with E-state index >= 15 is 0 Å². The standard InChI is InChI=1S/C15H18N4S/c16-11-12-5-4-6-13-14(12)17-15(20)19(13)10-9-18-7-2-1-3-8-18/h4-6H,1-3,7-10H2,(H,17,20). The van der Waals surface area contributed by atoms with E-state index in [0.29, 0.717) is 10.3 Å². The molecular weight excluding hydrogens is 268 g/mol. The van der Waals surface area contributed by atoms with Crippen LogP contribution in [0, 0.1) is 16.1 Å². The molecule has 1 aromatic carbocycles. The largest absolute Gasteiger partial charge is 0.329 e. The zero-order valence-electron chi connectivity index (χ0n) is 11.4. The predicted octanol–water partition coefficient (Wildman–Crippen LogP) is 3.06. The van der Waals surface area contributed by atoms with Crippen molar-refractivity contribution in [2.45, 2.75) is 25.8 Å². The molecule has 1 aliphatic rings. The van der Waals surface area contributed by atoms with Gasteiger partial charge in [0.25, 0.3) is 0 Å². The topological polar surface area (TPSA) is 47.8 Å². The molecule has 1 aliphatic heterocycles. The van der Waals surface area contributed by atoms with Crippen LogP contribution in [0.2, 0.25) is 0 Å². The van der Waals surface area contributed by atoms with E-state index in [1.807, 2.05) is 18.2 Å². The minimum atomic E-state index is 0.658. The monoisotopic (exact) mass is 286 g/mol. The lowest BCUT2D eigenvalue weighted by molar-refractivity contribution is 0.221. The normalized spacial score (nSPS) is 16.4. The molecule has 1 N–H and O–H groups in total. The summed E-state index contributed by atoms with van der Waals surface area (Å²) < 4.78 is 2.82. The van der Waals surface area contributed by atoms with Crippen molar-refractivity contribution in [2.24, 2.45) is 0 Å². The van der Waals surface area contributed by atoms with Crippen LogP contribution in [0.5, 0.6) is 0 Å². The van der Waals surface area contributed by atoms with Crippen molar-refractivity contribution in [1.29, 1.82) is 5.26 Å². The van der Waals surface area contributed by atoms with E-state index in [2.05, 4.69) is 20.5 Å². The summed E-state index contributed by atoms with van der Waals surface area (Å²) in [4.78, 5) is 5.67. The number of rotatable bonds is 3. The summed E-state index contributed by atoms with van der Waals surface area (Å²) in [6.07, 6.45) is 3.96. The molecular formula is C15H18N4S. The first-order chi connectivity index (χ1) is 9.79. The maximum atomic E-state index is 9.15. The number of hydrogen-bond acceptors (Lipinski definition) is 3. The van der Waals surface area contributed by atoms with Gasteiger partial charge in [0.1, 0.15) is 6.07 Å². The highest BCUT2D eigenvalue weighted by atomic mass is 32.1. The van der Waals surface area contributed by atoms with E-state index in [1.165, 1.54) is 32.4 Å². The smallest absolute Gasteiger partial charge is 0.178 e. The fourth-order valence-corrected chi connectivity index (χ4v) is 3.21. The Balaban J connectivity index is 1.86.